The molecule has 0 N–H and O–H groups in total. The Morgan fingerprint density at radius 1 is 0.625 bits per heavy atom. The molecule has 144 valence electrons. The molecular weight excluding hydrogens is 358 g/mol. The Balaban J connectivity index is 1.70. The molecule has 1 unspecified atom stereocenters. The summed E-state index contributed by atoms with van der Waals surface area (Å²) >= 11 is 3.87. The van der Waals surface area contributed by atoms with Crippen LogP contribution in [0.4, 0.5) is 0 Å². The third-order valence-electron chi connectivity index (χ3n) is 5.58. The van der Waals surface area contributed by atoms with Crippen molar-refractivity contribution in [3.63, 3.8) is 0 Å². The lowest BCUT2D eigenvalue weighted by Gasteiger charge is -2.21. The summed E-state index contributed by atoms with van der Waals surface area (Å²) in [6.07, 6.45) is 26.0. The van der Waals surface area contributed by atoms with E-state index in [0.29, 0.717) is 4.95 Å². The number of hydrogen-bond acceptors (Lipinski definition) is 1. The molecule has 0 amide bonds. The number of rotatable bonds is 17. The van der Waals surface area contributed by atoms with E-state index in [0.717, 1.165) is 0 Å². The summed E-state index contributed by atoms with van der Waals surface area (Å²) in [5, 5.41) is 0. The fourth-order valence-electron chi connectivity index (χ4n) is 3.89. The molecule has 1 rings (SSSR count). The van der Waals surface area contributed by atoms with Crippen molar-refractivity contribution < 1.29 is 0 Å². The number of likely N-dealkylation sites (tertiary alicyclic amines) is 1. The third kappa shape index (κ3) is 12.8. The van der Waals surface area contributed by atoms with E-state index >= 15 is 0 Å². The van der Waals surface area contributed by atoms with Crippen LogP contribution >= 0.6 is 15.9 Å². The molecule has 0 radical (unpaired) electrons. The van der Waals surface area contributed by atoms with Crippen LogP contribution in [0.15, 0.2) is 0 Å². The average molecular weight is 403 g/mol. The van der Waals surface area contributed by atoms with Crippen LogP contribution in [0.5, 0.6) is 0 Å². The van der Waals surface area contributed by atoms with Crippen molar-refractivity contribution in [1.29, 1.82) is 0 Å². The summed E-state index contributed by atoms with van der Waals surface area (Å²) < 4.78 is 0. The van der Waals surface area contributed by atoms with Gasteiger partial charge in [0.25, 0.3) is 0 Å². The molecule has 1 fully saturated rings. The van der Waals surface area contributed by atoms with Crippen molar-refractivity contribution in [1.82, 2.24) is 4.90 Å². The standard InChI is InChI=1S/C22H44BrN/c1-2-3-4-5-6-7-8-9-10-11-12-13-14-15-16-19-22(23)24-20-17-18-21-24/h22H,2-21H2,1H3. The van der Waals surface area contributed by atoms with Crippen LogP contribution < -0.4 is 0 Å². The monoisotopic (exact) mass is 401 g/mol. The number of unbranched alkanes of at least 4 members (excludes halogenated alkanes) is 14. The second kappa shape index (κ2) is 16.9. The van der Waals surface area contributed by atoms with E-state index in [4.69, 9.17) is 0 Å². The van der Waals surface area contributed by atoms with Crippen LogP contribution in [0.2, 0.25) is 0 Å². The van der Waals surface area contributed by atoms with E-state index in [1.54, 1.807) is 0 Å². The van der Waals surface area contributed by atoms with Crippen molar-refractivity contribution in [3.05, 3.63) is 0 Å². The zero-order valence-electron chi connectivity index (χ0n) is 16.5. The predicted octanol–water partition coefficient (Wildman–Crippen LogP) is 8.06. The van der Waals surface area contributed by atoms with Gasteiger partial charge in [0.05, 0.1) is 4.95 Å². The van der Waals surface area contributed by atoms with Crippen LogP contribution in [-0.4, -0.2) is 22.9 Å². The molecule has 0 aromatic rings. The minimum atomic E-state index is 0.655. The van der Waals surface area contributed by atoms with E-state index in [9.17, 15) is 0 Å². The molecule has 2 heteroatoms. The molecule has 1 aliphatic rings. The first-order chi connectivity index (χ1) is 11.8. The molecule has 1 heterocycles. The molecule has 0 spiro atoms. The maximum Gasteiger partial charge on any atom is 0.0655 e. The fourth-order valence-corrected chi connectivity index (χ4v) is 4.62. The zero-order valence-corrected chi connectivity index (χ0v) is 18.1. The third-order valence-corrected chi connectivity index (χ3v) is 6.62. The lowest BCUT2D eigenvalue weighted by molar-refractivity contribution is 0.305. The van der Waals surface area contributed by atoms with Crippen LogP contribution in [0.25, 0.3) is 0 Å². The van der Waals surface area contributed by atoms with Gasteiger partial charge >= 0.3 is 0 Å². The van der Waals surface area contributed by atoms with Crippen molar-refractivity contribution in [2.24, 2.45) is 0 Å². The second-order valence-corrected chi connectivity index (χ2v) is 8.97. The molecule has 24 heavy (non-hydrogen) atoms. The molecule has 1 nitrogen and oxygen atoms in total. The highest BCUT2D eigenvalue weighted by atomic mass is 79.9. The van der Waals surface area contributed by atoms with E-state index in [-0.39, 0.29) is 0 Å². The topological polar surface area (TPSA) is 3.24 Å². The molecule has 1 atom stereocenters. The van der Waals surface area contributed by atoms with Crippen molar-refractivity contribution in [2.75, 3.05) is 13.1 Å². The van der Waals surface area contributed by atoms with Gasteiger partial charge in [-0.2, -0.15) is 0 Å². The highest BCUT2D eigenvalue weighted by molar-refractivity contribution is 9.09. The zero-order chi connectivity index (χ0) is 17.3. The Labute approximate surface area is 161 Å². The second-order valence-electron chi connectivity index (χ2n) is 7.92. The minimum Gasteiger partial charge on any atom is -0.291 e. The summed E-state index contributed by atoms with van der Waals surface area (Å²) in [5.41, 5.74) is 0. The van der Waals surface area contributed by atoms with Gasteiger partial charge in [0.2, 0.25) is 0 Å². The average Bonchev–Trinajstić information content (AvgIpc) is 3.13. The molecule has 0 bridgehead atoms. The molecule has 1 aliphatic heterocycles. The molecule has 0 aromatic carbocycles. The van der Waals surface area contributed by atoms with Gasteiger partial charge in [0, 0.05) is 0 Å². The predicted molar refractivity (Wildman–Crippen MR) is 113 cm³/mol. The van der Waals surface area contributed by atoms with E-state index in [1.807, 2.05) is 0 Å². The van der Waals surface area contributed by atoms with Gasteiger partial charge in [-0.25, -0.2) is 0 Å². The van der Waals surface area contributed by atoms with E-state index in [1.165, 1.54) is 129 Å². The maximum atomic E-state index is 3.87. The smallest absolute Gasteiger partial charge is 0.0655 e. The lowest BCUT2D eigenvalue weighted by Crippen LogP contribution is -2.27. The quantitative estimate of drug-likeness (QED) is 0.135. The molecular formula is C22H44BrN. The Kier molecular flexibility index (Phi) is 15.8. The Morgan fingerprint density at radius 3 is 1.42 bits per heavy atom. The van der Waals surface area contributed by atoms with Crippen molar-refractivity contribution in [2.45, 2.75) is 127 Å². The lowest BCUT2D eigenvalue weighted by atomic mass is 10.0. The number of hydrogen-bond donors (Lipinski definition) is 0. The number of nitrogens with zero attached hydrogens (tertiary/aromatic N) is 1. The van der Waals surface area contributed by atoms with Gasteiger partial charge in [0.15, 0.2) is 0 Å². The Morgan fingerprint density at radius 2 is 1.00 bits per heavy atom. The first-order valence-corrected chi connectivity index (χ1v) is 12.1. The summed E-state index contributed by atoms with van der Waals surface area (Å²) in [7, 11) is 0. The Bertz CT molecular complexity index is 250. The SMILES string of the molecule is CCCCCCCCCCCCCCCCCC(Br)N1CCCC1. The highest BCUT2D eigenvalue weighted by Crippen LogP contribution is 2.21. The summed E-state index contributed by atoms with van der Waals surface area (Å²) in [6.45, 7) is 4.93. The molecule has 0 saturated carbocycles. The molecule has 0 aliphatic carbocycles. The van der Waals surface area contributed by atoms with Gasteiger partial charge in [0.1, 0.15) is 0 Å². The summed E-state index contributed by atoms with van der Waals surface area (Å²) in [6, 6.07) is 0. The summed E-state index contributed by atoms with van der Waals surface area (Å²) in [4.78, 5) is 3.27. The van der Waals surface area contributed by atoms with Gasteiger partial charge in [-0.1, -0.05) is 119 Å². The van der Waals surface area contributed by atoms with Crippen molar-refractivity contribution in [3.8, 4) is 0 Å². The van der Waals surface area contributed by atoms with E-state index in [2.05, 4.69) is 27.8 Å². The van der Waals surface area contributed by atoms with E-state index < -0.39 is 0 Å². The molecule has 1 saturated heterocycles. The number of halogens is 1. The minimum absolute atomic E-state index is 0.655. The normalized spacial score (nSPS) is 16.8. The summed E-state index contributed by atoms with van der Waals surface area (Å²) in [5.74, 6) is 0. The highest BCUT2D eigenvalue weighted by Gasteiger charge is 2.18. The van der Waals surface area contributed by atoms with Gasteiger partial charge in [-0.05, 0) is 32.4 Å². The van der Waals surface area contributed by atoms with Gasteiger partial charge in [-0.3, -0.25) is 4.90 Å². The largest absolute Gasteiger partial charge is 0.291 e. The van der Waals surface area contributed by atoms with Crippen molar-refractivity contribution >= 4 is 15.9 Å². The first kappa shape index (κ1) is 22.5. The maximum absolute atomic E-state index is 3.87. The van der Waals surface area contributed by atoms with Crippen LogP contribution in [0.3, 0.4) is 0 Å². The first-order valence-electron chi connectivity index (χ1n) is 11.2. The molecule has 0 aromatic heterocycles. The number of alkyl halides is 1. The van der Waals surface area contributed by atoms with Gasteiger partial charge < -0.3 is 0 Å². The van der Waals surface area contributed by atoms with Crippen LogP contribution in [0, 0.1) is 0 Å². The fraction of sp³-hybridized carbons (Fsp3) is 1.00. The van der Waals surface area contributed by atoms with Crippen LogP contribution in [0.1, 0.15) is 122 Å². The van der Waals surface area contributed by atoms with Crippen LogP contribution in [-0.2, 0) is 0 Å². The van der Waals surface area contributed by atoms with Gasteiger partial charge in [-0.15, -0.1) is 0 Å². The Hall–Kier alpha value is 0.440.